The molecule has 2 saturated carbocycles. The van der Waals surface area contributed by atoms with Gasteiger partial charge in [0.05, 0.1) is 5.92 Å². The summed E-state index contributed by atoms with van der Waals surface area (Å²) in [6.07, 6.45) is 19.8. The molecular weight excluding hydrogens is 308 g/mol. The minimum absolute atomic E-state index is 0.00725. The number of carbonyl (C=O) groups excluding carboxylic acids is 1. The molecular formula is C23H28O2. The summed E-state index contributed by atoms with van der Waals surface area (Å²) in [5, 5.41) is 0. The van der Waals surface area contributed by atoms with Crippen molar-refractivity contribution in [2.75, 3.05) is 0 Å². The molecule has 2 aliphatic carbocycles. The van der Waals surface area contributed by atoms with Gasteiger partial charge in [0.15, 0.2) is 0 Å². The van der Waals surface area contributed by atoms with Crippen LogP contribution in [0.25, 0.3) is 6.08 Å². The van der Waals surface area contributed by atoms with Crippen molar-refractivity contribution in [2.24, 2.45) is 11.8 Å². The first kappa shape index (κ1) is 17.8. The van der Waals surface area contributed by atoms with Crippen molar-refractivity contribution in [1.82, 2.24) is 0 Å². The van der Waals surface area contributed by atoms with Crippen molar-refractivity contribution in [2.45, 2.75) is 63.9 Å². The number of benzene rings is 1. The lowest BCUT2D eigenvalue weighted by atomic mass is 9.99. The topological polar surface area (TPSA) is 26.3 Å². The number of ether oxygens (including phenoxy) is 1. The fourth-order valence-corrected chi connectivity index (χ4v) is 4.06. The second kappa shape index (κ2) is 8.90. The highest BCUT2D eigenvalue weighted by Crippen LogP contribution is 2.31. The van der Waals surface area contributed by atoms with Crippen LogP contribution in [0.2, 0.25) is 0 Å². The highest BCUT2D eigenvalue weighted by Gasteiger charge is 2.27. The standard InChI is InChI=1S/C23H28O2/c1-2-18-11-13-19(14-12-18)15-16-22(17-20-7-3-4-8-20)25-23(24)21-9-5-6-10-21/h1,11-16,20-22H,3-10,17H2/b16-15+/t22-/m1/s1. The third kappa shape index (κ3) is 5.23. The van der Waals surface area contributed by atoms with Crippen LogP contribution in [-0.2, 0) is 9.53 Å². The molecule has 3 rings (SSSR count). The largest absolute Gasteiger partial charge is 0.458 e. The zero-order chi connectivity index (χ0) is 17.5. The summed E-state index contributed by atoms with van der Waals surface area (Å²) in [7, 11) is 0. The minimum Gasteiger partial charge on any atom is -0.458 e. The van der Waals surface area contributed by atoms with E-state index in [2.05, 4.69) is 18.1 Å². The van der Waals surface area contributed by atoms with E-state index in [0.29, 0.717) is 5.92 Å². The average Bonchev–Trinajstić information content (AvgIpc) is 3.34. The van der Waals surface area contributed by atoms with Gasteiger partial charge in [-0.2, -0.15) is 0 Å². The summed E-state index contributed by atoms with van der Waals surface area (Å²) in [6.45, 7) is 0. The zero-order valence-electron chi connectivity index (χ0n) is 15.0. The van der Waals surface area contributed by atoms with Gasteiger partial charge in [0.1, 0.15) is 6.10 Å². The molecule has 0 saturated heterocycles. The number of hydrogen-bond donors (Lipinski definition) is 0. The predicted molar refractivity (Wildman–Crippen MR) is 102 cm³/mol. The Labute approximate surface area is 151 Å². The molecule has 0 aromatic heterocycles. The Kier molecular flexibility index (Phi) is 6.34. The lowest BCUT2D eigenvalue weighted by Gasteiger charge is -2.20. The van der Waals surface area contributed by atoms with Gasteiger partial charge in [0.25, 0.3) is 0 Å². The van der Waals surface area contributed by atoms with Crippen LogP contribution in [0, 0.1) is 24.2 Å². The van der Waals surface area contributed by atoms with Gasteiger partial charge in [-0.3, -0.25) is 4.79 Å². The Morgan fingerprint density at radius 3 is 2.40 bits per heavy atom. The number of esters is 1. The fraction of sp³-hybridized carbons (Fsp3) is 0.522. The maximum Gasteiger partial charge on any atom is 0.309 e. The van der Waals surface area contributed by atoms with Crippen LogP contribution in [0.5, 0.6) is 0 Å². The SMILES string of the molecule is C#Cc1ccc(/C=C/[C@H](CC2CCCC2)OC(=O)C2CCCC2)cc1. The second-order valence-electron chi connectivity index (χ2n) is 7.47. The highest BCUT2D eigenvalue weighted by molar-refractivity contribution is 5.73. The molecule has 1 atom stereocenters. The molecule has 0 spiro atoms. The molecule has 0 bridgehead atoms. The molecule has 1 aromatic rings. The predicted octanol–water partition coefficient (Wildman–Crippen LogP) is 5.36. The molecule has 0 unspecified atom stereocenters. The number of hydrogen-bond acceptors (Lipinski definition) is 2. The Balaban J connectivity index is 1.64. The van der Waals surface area contributed by atoms with Gasteiger partial charge in [0, 0.05) is 5.56 Å². The molecule has 0 radical (unpaired) electrons. The summed E-state index contributed by atoms with van der Waals surface area (Å²) in [5.41, 5.74) is 1.97. The van der Waals surface area contributed by atoms with Crippen LogP contribution in [-0.4, -0.2) is 12.1 Å². The Bertz CT molecular complexity index is 623. The summed E-state index contributed by atoms with van der Waals surface area (Å²) in [4.78, 5) is 12.4. The van der Waals surface area contributed by atoms with Crippen molar-refractivity contribution in [3.8, 4) is 12.3 Å². The molecule has 1 aromatic carbocycles. The van der Waals surface area contributed by atoms with Crippen molar-refractivity contribution < 1.29 is 9.53 Å². The minimum atomic E-state index is -0.108. The van der Waals surface area contributed by atoms with E-state index < -0.39 is 0 Å². The van der Waals surface area contributed by atoms with E-state index >= 15 is 0 Å². The lowest BCUT2D eigenvalue weighted by molar-refractivity contribution is -0.152. The van der Waals surface area contributed by atoms with Crippen LogP contribution in [0.3, 0.4) is 0 Å². The molecule has 0 heterocycles. The van der Waals surface area contributed by atoms with Crippen LogP contribution in [0.1, 0.15) is 68.9 Å². The van der Waals surface area contributed by atoms with Gasteiger partial charge in [0.2, 0.25) is 0 Å². The molecule has 2 fully saturated rings. The summed E-state index contributed by atoms with van der Waals surface area (Å²) >= 11 is 0. The first-order chi connectivity index (χ1) is 12.2. The monoisotopic (exact) mass is 336 g/mol. The fourth-order valence-electron chi connectivity index (χ4n) is 4.06. The Hall–Kier alpha value is -2.01. The van der Waals surface area contributed by atoms with Crippen LogP contribution in [0.4, 0.5) is 0 Å². The van der Waals surface area contributed by atoms with Gasteiger partial charge >= 0.3 is 5.97 Å². The molecule has 25 heavy (non-hydrogen) atoms. The average molecular weight is 336 g/mol. The van der Waals surface area contributed by atoms with Crippen molar-refractivity contribution in [3.63, 3.8) is 0 Å². The van der Waals surface area contributed by atoms with E-state index in [-0.39, 0.29) is 18.0 Å². The smallest absolute Gasteiger partial charge is 0.309 e. The number of carbonyl (C=O) groups is 1. The van der Waals surface area contributed by atoms with E-state index in [1.165, 1.54) is 25.7 Å². The van der Waals surface area contributed by atoms with E-state index in [1.807, 2.05) is 24.3 Å². The molecule has 2 nitrogen and oxygen atoms in total. The quantitative estimate of drug-likeness (QED) is 0.516. The molecule has 0 amide bonds. The van der Waals surface area contributed by atoms with E-state index in [9.17, 15) is 4.79 Å². The van der Waals surface area contributed by atoms with Crippen LogP contribution in [0.15, 0.2) is 30.3 Å². The normalized spacial score (nSPS) is 20.0. The molecule has 0 aliphatic heterocycles. The Morgan fingerprint density at radius 1 is 1.12 bits per heavy atom. The maximum absolute atomic E-state index is 12.4. The van der Waals surface area contributed by atoms with Gasteiger partial charge in [-0.05, 0) is 49.0 Å². The third-order valence-electron chi connectivity index (χ3n) is 5.58. The Morgan fingerprint density at radius 2 is 1.76 bits per heavy atom. The van der Waals surface area contributed by atoms with E-state index in [0.717, 1.165) is 43.2 Å². The van der Waals surface area contributed by atoms with Crippen molar-refractivity contribution in [1.29, 1.82) is 0 Å². The van der Waals surface area contributed by atoms with Gasteiger partial charge in [-0.15, -0.1) is 6.42 Å². The van der Waals surface area contributed by atoms with Crippen molar-refractivity contribution in [3.05, 3.63) is 41.5 Å². The van der Waals surface area contributed by atoms with Crippen LogP contribution < -0.4 is 0 Å². The number of rotatable bonds is 6. The lowest BCUT2D eigenvalue weighted by Crippen LogP contribution is -2.23. The first-order valence-corrected chi connectivity index (χ1v) is 9.70. The van der Waals surface area contributed by atoms with Crippen molar-refractivity contribution >= 4 is 12.0 Å². The molecule has 2 aliphatic rings. The molecule has 0 N–H and O–H groups in total. The third-order valence-corrected chi connectivity index (χ3v) is 5.58. The van der Waals surface area contributed by atoms with E-state index in [4.69, 9.17) is 11.2 Å². The molecule has 132 valence electrons. The van der Waals surface area contributed by atoms with E-state index in [1.54, 1.807) is 0 Å². The van der Waals surface area contributed by atoms with Gasteiger partial charge in [-0.25, -0.2) is 0 Å². The molecule has 2 heteroatoms. The summed E-state index contributed by atoms with van der Waals surface area (Å²) in [5.74, 6) is 3.45. The maximum atomic E-state index is 12.4. The summed E-state index contributed by atoms with van der Waals surface area (Å²) in [6, 6.07) is 7.90. The number of terminal acetylenes is 1. The highest BCUT2D eigenvalue weighted by atomic mass is 16.5. The van der Waals surface area contributed by atoms with Gasteiger partial charge in [-0.1, -0.05) is 62.7 Å². The summed E-state index contributed by atoms with van der Waals surface area (Å²) < 4.78 is 5.90. The van der Waals surface area contributed by atoms with Crippen LogP contribution >= 0.6 is 0 Å². The first-order valence-electron chi connectivity index (χ1n) is 9.70. The second-order valence-corrected chi connectivity index (χ2v) is 7.47. The van der Waals surface area contributed by atoms with Gasteiger partial charge < -0.3 is 4.74 Å². The zero-order valence-corrected chi connectivity index (χ0v) is 15.0.